The van der Waals surface area contributed by atoms with Gasteiger partial charge in [-0.05, 0) is 12.0 Å². The molecule has 13 heavy (non-hydrogen) atoms. The van der Waals surface area contributed by atoms with E-state index in [-0.39, 0.29) is 5.60 Å². The molecule has 1 heterocycles. The third kappa shape index (κ3) is 2.59. The van der Waals surface area contributed by atoms with Crippen LogP contribution in [0.25, 0.3) is 0 Å². The second kappa shape index (κ2) is 2.86. The van der Waals surface area contributed by atoms with Crippen LogP contribution in [-0.4, -0.2) is 20.3 Å². The molecule has 0 amide bonds. The molecule has 1 aliphatic rings. The van der Waals surface area contributed by atoms with E-state index in [0.717, 1.165) is 6.61 Å². The summed E-state index contributed by atoms with van der Waals surface area (Å²) in [5.74, 6) is 3.27. The molecular formula is C11H20OSi. The molecule has 1 rings (SSSR count). The summed E-state index contributed by atoms with van der Waals surface area (Å²) < 4.78 is 5.25. The summed E-state index contributed by atoms with van der Waals surface area (Å²) in [4.78, 5) is 0. The molecule has 1 fully saturated rings. The fourth-order valence-corrected chi connectivity index (χ4v) is 1.61. The Hall–Kier alpha value is -0.263. The van der Waals surface area contributed by atoms with Gasteiger partial charge < -0.3 is 4.74 Å². The van der Waals surface area contributed by atoms with E-state index >= 15 is 0 Å². The zero-order valence-corrected chi connectivity index (χ0v) is 10.6. The maximum atomic E-state index is 5.25. The van der Waals surface area contributed by atoms with Crippen molar-refractivity contribution in [2.75, 3.05) is 6.61 Å². The number of epoxide rings is 1. The van der Waals surface area contributed by atoms with Gasteiger partial charge >= 0.3 is 0 Å². The Balaban J connectivity index is 2.75. The lowest BCUT2D eigenvalue weighted by atomic mass is 10.2. The smallest absolute Gasteiger partial charge is 0.148 e. The maximum Gasteiger partial charge on any atom is 0.148 e. The Bertz CT molecular complexity index is 258. The monoisotopic (exact) mass is 196 g/mol. The van der Waals surface area contributed by atoms with Crippen LogP contribution in [0.1, 0.15) is 27.7 Å². The molecule has 0 spiro atoms. The minimum Gasteiger partial charge on any atom is -0.356 e. The standard InChI is InChI=1S/C11H20OSi/c1-10(2,3)13(5,6)8-7-11(4)9-12-11/h9H2,1-6H3. The molecule has 1 atom stereocenters. The molecule has 74 valence electrons. The molecule has 0 N–H and O–H groups in total. The van der Waals surface area contributed by atoms with Gasteiger partial charge in [-0.2, -0.15) is 0 Å². The first-order valence-electron chi connectivity index (χ1n) is 4.85. The van der Waals surface area contributed by atoms with Gasteiger partial charge in [0.2, 0.25) is 0 Å². The maximum absolute atomic E-state index is 5.25. The number of hydrogen-bond donors (Lipinski definition) is 0. The number of hydrogen-bond acceptors (Lipinski definition) is 1. The van der Waals surface area contributed by atoms with Crippen molar-refractivity contribution in [3.05, 3.63) is 0 Å². The second-order valence-electron chi connectivity index (χ2n) is 5.64. The fourth-order valence-electron chi connectivity index (χ4n) is 0.656. The van der Waals surface area contributed by atoms with Crippen molar-refractivity contribution >= 4 is 8.07 Å². The van der Waals surface area contributed by atoms with Crippen molar-refractivity contribution in [1.82, 2.24) is 0 Å². The SMILES string of the molecule is CC1(C#C[Si](C)(C)C(C)(C)C)CO1. The molecule has 0 aromatic heterocycles. The molecule has 0 aromatic rings. The van der Waals surface area contributed by atoms with Crippen LogP contribution in [-0.2, 0) is 4.74 Å². The molecule has 0 bridgehead atoms. The molecule has 0 aromatic carbocycles. The number of ether oxygens (including phenoxy) is 1. The van der Waals surface area contributed by atoms with Crippen molar-refractivity contribution in [1.29, 1.82) is 0 Å². The zero-order chi connectivity index (χ0) is 10.3. The normalized spacial score (nSPS) is 27.8. The van der Waals surface area contributed by atoms with Gasteiger partial charge in [0.25, 0.3) is 0 Å². The zero-order valence-electron chi connectivity index (χ0n) is 9.62. The largest absolute Gasteiger partial charge is 0.356 e. The van der Waals surface area contributed by atoms with Crippen LogP contribution in [0.5, 0.6) is 0 Å². The molecule has 0 radical (unpaired) electrons. The van der Waals surface area contributed by atoms with Crippen LogP contribution in [0.15, 0.2) is 0 Å². The highest BCUT2D eigenvalue weighted by atomic mass is 28.3. The van der Waals surface area contributed by atoms with Crippen LogP contribution in [0.2, 0.25) is 18.1 Å². The molecule has 1 aliphatic heterocycles. The second-order valence-corrected chi connectivity index (χ2v) is 10.6. The molecular weight excluding hydrogens is 176 g/mol. The Morgan fingerprint density at radius 3 is 2.08 bits per heavy atom. The highest BCUT2D eigenvalue weighted by molar-refractivity contribution is 6.87. The topological polar surface area (TPSA) is 12.5 Å². The van der Waals surface area contributed by atoms with Crippen LogP contribution >= 0.6 is 0 Å². The van der Waals surface area contributed by atoms with Gasteiger partial charge in [-0.15, -0.1) is 5.54 Å². The van der Waals surface area contributed by atoms with Crippen molar-refractivity contribution in [3.8, 4) is 11.5 Å². The first kappa shape index (κ1) is 10.8. The Morgan fingerprint density at radius 1 is 1.31 bits per heavy atom. The Morgan fingerprint density at radius 2 is 1.77 bits per heavy atom. The predicted molar refractivity (Wildman–Crippen MR) is 59.3 cm³/mol. The highest BCUT2D eigenvalue weighted by Crippen LogP contribution is 2.35. The summed E-state index contributed by atoms with van der Waals surface area (Å²) >= 11 is 0. The molecule has 0 aliphatic carbocycles. The van der Waals surface area contributed by atoms with Crippen LogP contribution in [0.3, 0.4) is 0 Å². The molecule has 1 saturated heterocycles. The van der Waals surface area contributed by atoms with Gasteiger partial charge in [0.1, 0.15) is 13.7 Å². The lowest BCUT2D eigenvalue weighted by Gasteiger charge is -2.31. The lowest BCUT2D eigenvalue weighted by molar-refractivity contribution is 0.378. The number of rotatable bonds is 0. The first-order chi connectivity index (χ1) is 5.66. The third-order valence-electron chi connectivity index (χ3n) is 3.09. The summed E-state index contributed by atoms with van der Waals surface area (Å²) in [7, 11) is -1.42. The van der Waals surface area contributed by atoms with E-state index in [1.165, 1.54) is 0 Å². The predicted octanol–water partition coefficient (Wildman–Crippen LogP) is 2.83. The molecule has 0 saturated carbocycles. The Labute approximate surface area is 82.9 Å². The first-order valence-corrected chi connectivity index (χ1v) is 7.85. The summed E-state index contributed by atoms with van der Waals surface area (Å²) in [5.41, 5.74) is 3.36. The van der Waals surface area contributed by atoms with Gasteiger partial charge in [-0.3, -0.25) is 0 Å². The third-order valence-corrected chi connectivity index (χ3v) is 7.59. The minimum absolute atomic E-state index is 0.102. The fraction of sp³-hybridized carbons (Fsp3) is 0.818. The van der Waals surface area contributed by atoms with E-state index in [1.807, 2.05) is 0 Å². The van der Waals surface area contributed by atoms with E-state index < -0.39 is 8.07 Å². The van der Waals surface area contributed by atoms with Crippen LogP contribution in [0.4, 0.5) is 0 Å². The minimum atomic E-state index is -1.42. The van der Waals surface area contributed by atoms with E-state index in [0.29, 0.717) is 5.04 Å². The van der Waals surface area contributed by atoms with Crippen molar-refractivity contribution < 1.29 is 4.74 Å². The van der Waals surface area contributed by atoms with E-state index in [4.69, 9.17) is 4.74 Å². The van der Waals surface area contributed by atoms with E-state index in [9.17, 15) is 0 Å². The lowest BCUT2D eigenvalue weighted by Crippen LogP contribution is -2.36. The average molecular weight is 196 g/mol. The summed E-state index contributed by atoms with van der Waals surface area (Å²) in [6.07, 6.45) is 0. The van der Waals surface area contributed by atoms with Gasteiger partial charge in [0, 0.05) is 0 Å². The van der Waals surface area contributed by atoms with E-state index in [2.05, 4.69) is 52.3 Å². The molecule has 2 heteroatoms. The Kier molecular flexibility index (Phi) is 2.38. The molecule has 1 unspecified atom stereocenters. The summed E-state index contributed by atoms with van der Waals surface area (Å²) in [6, 6.07) is 0. The van der Waals surface area contributed by atoms with Crippen molar-refractivity contribution in [2.24, 2.45) is 0 Å². The average Bonchev–Trinajstić information content (AvgIpc) is 2.63. The van der Waals surface area contributed by atoms with Gasteiger partial charge in [0.15, 0.2) is 0 Å². The van der Waals surface area contributed by atoms with Crippen LogP contribution in [0, 0.1) is 11.5 Å². The van der Waals surface area contributed by atoms with Gasteiger partial charge in [-0.1, -0.05) is 39.8 Å². The summed E-state index contributed by atoms with van der Waals surface area (Å²) in [5, 5.41) is 0.352. The van der Waals surface area contributed by atoms with Crippen molar-refractivity contribution in [2.45, 2.75) is 51.4 Å². The quantitative estimate of drug-likeness (QED) is 0.330. The van der Waals surface area contributed by atoms with Gasteiger partial charge in [0.05, 0.1) is 6.61 Å². The van der Waals surface area contributed by atoms with E-state index in [1.54, 1.807) is 0 Å². The summed E-state index contributed by atoms with van der Waals surface area (Å²) in [6.45, 7) is 14.4. The van der Waals surface area contributed by atoms with Crippen LogP contribution < -0.4 is 0 Å². The highest BCUT2D eigenvalue weighted by Gasteiger charge is 2.39. The van der Waals surface area contributed by atoms with Gasteiger partial charge in [-0.25, -0.2) is 0 Å². The van der Waals surface area contributed by atoms with Crippen molar-refractivity contribution in [3.63, 3.8) is 0 Å². The molecule has 1 nitrogen and oxygen atoms in total.